The van der Waals surface area contributed by atoms with E-state index in [1.807, 2.05) is 30.3 Å². The van der Waals surface area contributed by atoms with Crippen LogP contribution in [-0.2, 0) is 20.9 Å². The van der Waals surface area contributed by atoms with Gasteiger partial charge in [-0.05, 0) is 73.0 Å². The second-order valence-corrected chi connectivity index (χ2v) is 13.1. The van der Waals surface area contributed by atoms with Gasteiger partial charge in [0.05, 0.1) is 52.8 Å². The molecular formula is C39H32Cl2N2O7S. The molecule has 1 atom stereocenters. The first-order chi connectivity index (χ1) is 24.7. The van der Waals surface area contributed by atoms with E-state index in [0.717, 1.165) is 5.56 Å². The van der Waals surface area contributed by atoms with Gasteiger partial charge < -0.3 is 18.9 Å². The van der Waals surface area contributed by atoms with Crippen molar-refractivity contribution in [3.63, 3.8) is 0 Å². The van der Waals surface area contributed by atoms with Crippen molar-refractivity contribution in [1.82, 2.24) is 4.57 Å². The summed E-state index contributed by atoms with van der Waals surface area (Å²) in [5.41, 5.74) is 3.52. The zero-order valence-electron chi connectivity index (χ0n) is 27.9. The van der Waals surface area contributed by atoms with Crippen molar-refractivity contribution in [1.29, 1.82) is 0 Å². The molecule has 5 aromatic rings. The van der Waals surface area contributed by atoms with Gasteiger partial charge in [-0.3, -0.25) is 9.36 Å². The number of ether oxygens (including phenoxy) is 4. The van der Waals surface area contributed by atoms with E-state index in [1.165, 1.54) is 23.0 Å². The Morgan fingerprint density at radius 2 is 1.59 bits per heavy atom. The fraction of sp³-hybridized carbons (Fsp3) is 0.179. The van der Waals surface area contributed by atoms with Gasteiger partial charge in [0.15, 0.2) is 16.3 Å². The van der Waals surface area contributed by atoms with Gasteiger partial charge >= 0.3 is 11.9 Å². The average molecular weight is 744 g/mol. The highest BCUT2D eigenvalue weighted by Gasteiger charge is 2.35. The highest BCUT2D eigenvalue weighted by molar-refractivity contribution is 7.07. The van der Waals surface area contributed by atoms with Crippen LogP contribution in [0.25, 0.3) is 11.8 Å². The molecular weight excluding hydrogens is 711 g/mol. The molecule has 0 bridgehead atoms. The molecule has 0 aliphatic carbocycles. The number of rotatable bonds is 11. The van der Waals surface area contributed by atoms with Crippen molar-refractivity contribution >= 4 is 58.3 Å². The Bertz CT molecular complexity index is 2300. The summed E-state index contributed by atoms with van der Waals surface area (Å²) >= 11 is 14.1. The summed E-state index contributed by atoms with van der Waals surface area (Å²) in [6.07, 6.45) is 1.70. The van der Waals surface area contributed by atoms with Gasteiger partial charge in [0.25, 0.3) is 5.56 Å². The van der Waals surface area contributed by atoms with Crippen LogP contribution in [0.4, 0.5) is 0 Å². The minimum Gasteiger partial charge on any atom is -0.493 e. The lowest BCUT2D eigenvalue weighted by molar-refractivity contribution is -0.138. The Balaban J connectivity index is 1.41. The quantitative estimate of drug-likeness (QED) is 0.134. The number of esters is 2. The van der Waals surface area contributed by atoms with Crippen LogP contribution in [0.5, 0.6) is 11.5 Å². The molecule has 0 saturated heterocycles. The maximum absolute atomic E-state index is 14.3. The number of methoxy groups -OCH3 is 1. The van der Waals surface area contributed by atoms with E-state index in [9.17, 15) is 14.4 Å². The first-order valence-electron chi connectivity index (χ1n) is 16.0. The first-order valence-corrected chi connectivity index (χ1v) is 17.6. The second-order valence-electron chi connectivity index (χ2n) is 11.2. The Kier molecular flexibility index (Phi) is 11.1. The van der Waals surface area contributed by atoms with Gasteiger partial charge in [0.1, 0.15) is 6.61 Å². The van der Waals surface area contributed by atoms with E-state index in [0.29, 0.717) is 60.4 Å². The van der Waals surface area contributed by atoms with Gasteiger partial charge in [-0.1, -0.05) is 89.1 Å². The van der Waals surface area contributed by atoms with Crippen LogP contribution in [-0.4, -0.2) is 36.8 Å². The number of carbonyl (C=O) groups excluding carboxylic acids is 2. The monoisotopic (exact) mass is 742 g/mol. The lowest BCUT2D eigenvalue weighted by Gasteiger charge is -2.25. The fourth-order valence-electron chi connectivity index (χ4n) is 5.62. The average Bonchev–Trinajstić information content (AvgIpc) is 3.45. The van der Waals surface area contributed by atoms with Crippen LogP contribution in [0.15, 0.2) is 106 Å². The topological polar surface area (TPSA) is 105 Å². The highest BCUT2D eigenvalue weighted by Crippen LogP contribution is 2.38. The van der Waals surface area contributed by atoms with Crippen molar-refractivity contribution in [2.75, 3.05) is 20.3 Å². The zero-order valence-corrected chi connectivity index (χ0v) is 30.2. The van der Waals surface area contributed by atoms with E-state index >= 15 is 0 Å². The second kappa shape index (κ2) is 15.8. The van der Waals surface area contributed by atoms with Crippen molar-refractivity contribution in [3.05, 3.63) is 154 Å². The van der Waals surface area contributed by atoms with Crippen LogP contribution in [0.1, 0.15) is 52.5 Å². The minimum absolute atomic E-state index is 0.145. The third kappa shape index (κ3) is 7.63. The van der Waals surface area contributed by atoms with Crippen LogP contribution in [0.2, 0.25) is 10.0 Å². The smallest absolute Gasteiger partial charge is 0.338 e. The van der Waals surface area contributed by atoms with E-state index in [4.69, 9.17) is 47.1 Å². The molecule has 0 N–H and O–H groups in total. The summed E-state index contributed by atoms with van der Waals surface area (Å²) in [6.45, 7) is 4.08. The van der Waals surface area contributed by atoms with Gasteiger partial charge in [0.2, 0.25) is 0 Å². The van der Waals surface area contributed by atoms with E-state index in [-0.39, 0.29) is 29.4 Å². The van der Waals surface area contributed by atoms with Gasteiger partial charge in [-0.2, -0.15) is 0 Å². The van der Waals surface area contributed by atoms with Crippen molar-refractivity contribution in [3.8, 4) is 11.5 Å². The molecule has 6 rings (SSSR count). The van der Waals surface area contributed by atoms with E-state index in [1.54, 1.807) is 80.6 Å². The maximum Gasteiger partial charge on any atom is 0.338 e. The van der Waals surface area contributed by atoms with E-state index < -0.39 is 18.0 Å². The van der Waals surface area contributed by atoms with Crippen molar-refractivity contribution in [2.24, 2.45) is 4.99 Å². The largest absolute Gasteiger partial charge is 0.493 e. The molecule has 0 saturated carbocycles. The summed E-state index contributed by atoms with van der Waals surface area (Å²) in [5.74, 6) is -0.285. The Labute approximate surface area is 307 Å². The Morgan fingerprint density at radius 1 is 0.902 bits per heavy atom. The van der Waals surface area contributed by atoms with Gasteiger partial charge in [-0.25, -0.2) is 14.6 Å². The highest BCUT2D eigenvalue weighted by atomic mass is 35.5. The molecule has 0 spiro atoms. The SMILES string of the molecule is CCOC(=O)C1=C(c2ccccc2)N=c2s/c(=C\c3cc(Cl)c(OCc4ccc(C(=O)OCC)cc4)c(OC)c3)c(=O)n2[C@H]1c1ccc(Cl)cc1. The molecule has 0 amide bonds. The molecule has 4 aromatic carbocycles. The Hall–Kier alpha value is -5.16. The van der Waals surface area contributed by atoms with Crippen molar-refractivity contribution < 1.29 is 28.5 Å². The van der Waals surface area contributed by atoms with Crippen LogP contribution >= 0.6 is 34.5 Å². The normalized spacial score (nSPS) is 14.1. The molecule has 9 nitrogen and oxygen atoms in total. The third-order valence-corrected chi connectivity index (χ3v) is 9.47. The maximum atomic E-state index is 14.3. The predicted molar refractivity (Wildman–Crippen MR) is 197 cm³/mol. The Morgan fingerprint density at radius 3 is 2.25 bits per heavy atom. The third-order valence-electron chi connectivity index (χ3n) is 7.96. The van der Waals surface area contributed by atoms with E-state index in [2.05, 4.69) is 0 Å². The molecule has 51 heavy (non-hydrogen) atoms. The number of hydrogen-bond donors (Lipinski definition) is 0. The molecule has 0 unspecified atom stereocenters. The number of benzene rings is 4. The number of thiazole rings is 1. The standard InChI is InChI=1S/C39H32Cl2N2O7S/c1-4-48-37(45)27-13-11-23(12-14-27)22-50-35-29(41)19-24(20-30(35)47-3)21-31-36(44)43-34(26-15-17-28(40)18-16-26)32(38(46)49-5-2)33(42-39(43)51-31)25-9-7-6-8-10-25/h6-21,34H,4-5,22H2,1-3H3/b31-21-/t34-/m0/s1. The van der Waals surface area contributed by atoms with Gasteiger partial charge in [0, 0.05) is 10.6 Å². The summed E-state index contributed by atoms with van der Waals surface area (Å²) in [6, 6.07) is 25.8. The van der Waals surface area contributed by atoms with Crippen LogP contribution in [0.3, 0.4) is 0 Å². The fourth-order valence-corrected chi connectivity index (χ4v) is 7.02. The number of nitrogens with zero attached hydrogens (tertiary/aromatic N) is 2. The van der Waals surface area contributed by atoms with Crippen LogP contribution < -0.4 is 24.4 Å². The lowest BCUT2D eigenvalue weighted by atomic mass is 9.93. The number of fused-ring (bicyclic) bond motifs is 1. The van der Waals surface area contributed by atoms with Crippen molar-refractivity contribution in [2.45, 2.75) is 26.5 Å². The zero-order chi connectivity index (χ0) is 36.1. The summed E-state index contributed by atoms with van der Waals surface area (Å²) in [7, 11) is 1.50. The molecule has 1 aliphatic rings. The van der Waals surface area contributed by atoms with Crippen LogP contribution in [0, 0.1) is 0 Å². The molecule has 2 heterocycles. The predicted octanol–water partition coefficient (Wildman–Crippen LogP) is 7.01. The molecule has 1 aliphatic heterocycles. The molecule has 260 valence electrons. The lowest BCUT2D eigenvalue weighted by Crippen LogP contribution is -2.40. The first kappa shape index (κ1) is 35.7. The number of halogens is 2. The molecule has 12 heteroatoms. The number of hydrogen-bond acceptors (Lipinski definition) is 9. The minimum atomic E-state index is -0.838. The molecule has 0 radical (unpaired) electrons. The summed E-state index contributed by atoms with van der Waals surface area (Å²) in [4.78, 5) is 45.2. The summed E-state index contributed by atoms with van der Waals surface area (Å²) in [5, 5.41) is 0.785. The summed E-state index contributed by atoms with van der Waals surface area (Å²) < 4.78 is 24.1. The molecule has 0 fully saturated rings. The van der Waals surface area contributed by atoms with Gasteiger partial charge in [-0.15, -0.1) is 0 Å². The number of carbonyl (C=O) groups is 2. The number of aromatic nitrogens is 1. The molecule has 1 aromatic heterocycles.